The van der Waals surface area contributed by atoms with E-state index in [9.17, 15) is 0 Å². The molecule has 0 aromatic carbocycles. The summed E-state index contributed by atoms with van der Waals surface area (Å²) in [4.78, 5) is 7.08. The normalized spacial score (nSPS) is 22.2. The van der Waals surface area contributed by atoms with E-state index >= 15 is 0 Å². The zero-order chi connectivity index (χ0) is 14.0. The maximum absolute atomic E-state index is 5.93. The fourth-order valence-corrected chi connectivity index (χ4v) is 4.09. The molecule has 0 amide bonds. The van der Waals surface area contributed by atoms with Crippen LogP contribution in [0.15, 0.2) is 12.3 Å². The number of hydrogen-bond acceptors (Lipinski definition) is 3. The van der Waals surface area contributed by atoms with Gasteiger partial charge in [-0.2, -0.15) is 0 Å². The lowest BCUT2D eigenvalue weighted by Gasteiger charge is -2.45. The van der Waals surface area contributed by atoms with Crippen LogP contribution < -0.4 is 10.6 Å². The molecule has 2 N–H and O–H groups in total. The number of aromatic nitrogens is 1. The summed E-state index contributed by atoms with van der Waals surface area (Å²) in [7, 11) is 0. The summed E-state index contributed by atoms with van der Waals surface area (Å²) in [6, 6.07) is 2.07. The van der Waals surface area contributed by atoms with Crippen molar-refractivity contribution in [2.24, 2.45) is 11.1 Å². The van der Waals surface area contributed by atoms with Gasteiger partial charge in [0.1, 0.15) is 5.82 Å². The molecular formula is C17H27N3. The van der Waals surface area contributed by atoms with Gasteiger partial charge in [-0.3, -0.25) is 0 Å². The first-order valence-electron chi connectivity index (χ1n) is 8.14. The van der Waals surface area contributed by atoms with Crippen molar-refractivity contribution in [2.45, 2.75) is 58.4 Å². The van der Waals surface area contributed by atoms with Gasteiger partial charge >= 0.3 is 0 Å². The fourth-order valence-electron chi connectivity index (χ4n) is 4.09. The highest BCUT2D eigenvalue weighted by Crippen LogP contribution is 2.45. The lowest BCUT2D eigenvalue weighted by molar-refractivity contribution is 0.144. The molecule has 0 atom stereocenters. The van der Waals surface area contributed by atoms with Crippen LogP contribution in [0.2, 0.25) is 0 Å². The smallest absolute Gasteiger partial charge is 0.133 e. The van der Waals surface area contributed by atoms with Crippen molar-refractivity contribution in [2.75, 3.05) is 18.0 Å². The van der Waals surface area contributed by atoms with Gasteiger partial charge in [-0.1, -0.05) is 19.3 Å². The Morgan fingerprint density at radius 1 is 1.15 bits per heavy atom. The molecule has 0 bridgehead atoms. The fraction of sp³-hybridized carbons (Fsp3) is 0.706. The van der Waals surface area contributed by atoms with Gasteiger partial charge in [-0.15, -0.1) is 0 Å². The van der Waals surface area contributed by atoms with E-state index in [4.69, 9.17) is 5.73 Å². The molecule has 3 heteroatoms. The van der Waals surface area contributed by atoms with Gasteiger partial charge in [-0.25, -0.2) is 4.98 Å². The zero-order valence-electron chi connectivity index (χ0n) is 12.7. The van der Waals surface area contributed by atoms with Crippen LogP contribution in [0.4, 0.5) is 5.82 Å². The third kappa shape index (κ3) is 2.56. The summed E-state index contributed by atoms with van der Waals surface area (Å²) in [5, 5.41) is 0. The molecule has 1 aliphatic heterocycles. The highest BCUT2D eigenvalue weighted by Gasteiger charge is 2.36. The number of aryl methyl sites for hydroxylation is 1. The number of pyridine rings is 1. The molecule has 2 fully saturated rings. The van der Waals surface area contributed by atoms with Crippen LogP contribution in [0.3, 0.4) is 0 Å². The zero-order valence-corrected chi connectivity index (χ0v) is 12.7. The minimum absolute atomic E-state index is 0.594. The second kappa shape index (κ2) is 5.72. The molecule has 1 saturated carbocycles. The van der Waals surface area contributed by atoms with Gasteiger partial charge in [-0.05, 0) is 49.7 Å². The van der Waals surface area contributed by atoms with Gasteiger partial charge in [0.05, 0.1) is 0 Å². The quantitative estimate of drug-likeness (QED) is 0.898. The van der Waals surface area contributed by atoms with Gasteiger partial charge < -0.3 is 10.6 Å². The molecule has 3 nitrogen and oxygen atoms in total. The van der Waals surface area contributed by atoms with Crippen LogP contribution >= 0.6 is 0 Å². The Bertz CT molecular complexity index is 453. The van der Waals surface area contributed by atoms with E-state index < -0.39 is 0 Å². The van der Waals surface area contributed by atoms with Crippen LogP contribution in [0.5, 0.6) is 0 Å². The monoisotopic (exact) mass is 273 g/mol. The Hall–Kier alpha value is -1.09. The summed E-state index contributed by atoms with van der Waals surface area (Å²) in [6.45, 7) is 5.05. The number of nitrogens with two attached hydrogens (primary N) is 1. The molecule has 0 radical (unpaired) electrons. The minimum atomic E-state index is 0.594. The first-order chi connectivity index (χ1) is 9.74. The number of nitrogens with zero attached hydrogens (tertiary/aromatic N) is 2. The predicted octanol–water partition coefficient (Wildman–Crippen LogP) is 3.40. The Morgan fingerprint density at radius 3 is 2.50 bits per heavy atom. The number of anilines is 1. The number of rotatable bonds is 2. The molecule has 0 unspecified atom stereocenters. The van der Waals surface area contributed by atoms with Crippen LogP contribution in [0.25, 0.3) is 0 Å². The second-order valence-electron chi connectivity index (χ2n) is 6.68. The van der Waals surface area contributed by atoms with Crippen molar-refractivity contribution in [1.82, 2.24) is 4.98 Å². The first-order valence-corrected chi connectivity index (χ1v) is 8.14. The van der Waals surface area contributed by atoms with Crippen molar-refractivity contribution in [3.63, 3.8) is 0 Å². The molecular weight excluding hydrogens is 246 g/mol. The second-order valence-corrected chi connectivity index (χ2v) is 6.68. The maximum atomic E-state index is 5.93. The molecule has 20 heavy (non-hydrogen) atoms. The molecule has 1 aliphatic carbocycles. The van der Waals surface area contributed by atoms with Crippen molar-refractivity contribution in [1.29, 1.82) is 0 Å². The summed E-state index contributed by atoms with van der Waals surface area (Å²) in [5.41, 5.74) is 9.08. The Balaban J connectivity index is 1.73. The average Bonchev–Trinajstić information content (AvgIpc) is 2.49. The highest BCUT2D eigenvalue weighted by atomic mass is 15.2. The predicted molar refractivity (Wildman–Crippen MR) is 83.8 cm³/mol. The number of piperidine rings is 1. The summed E-state index contributed by atoms with van der Waals surface area (Å²) < 4.78 is 0. The lowest BCUT2D eigenvalue weighted by Crippen LogP contribution is -2.42. The van der Waals surface area contributed by atoms with E-state index in [2.05, 4.69) is 22.9 Å². The third-order valence-electron chi connectivity index (χ3n) is 5.51. The van der Waals surface area contributed by atoms with Crippen LogP contribution in [-0.2, 0) is 6.54 Å². The number of hydrogen-bond donors (Lipinski definition) is 1. The van der Waals surface area contributed by atoms with Crippen LogP contribution in [0, 0.1) is 12.3 Å². The SMILES string of the molecule is Cc1ccnc(N2CCC3(CCCCC3)CC2)c1CN. The average molecular weight is 273 g/mol. The van der Waals surface area contributed by atoms with Gasteiger partial charge in [0, 0.05) is 31.4 Å². The molecule has 110 valence electrons. The van der Waals surface area contributed by atoms with E-state index in [1.54, 1.807) is 0 Å². The molecule has 1 saturated heterocycles. The largest absolute Gasteiger partial charge is 0.356 e. The Kier molecular flexibility index (Phi) is 3.97. The van der Waals surface area contributed by atoms with E-state index in [1.165, 1.54) is 56.1 Å². The van der Waals surface area contributed by atoms with Crippen LogP contribution in [-0.4, -0.2) is 18.1 Å². The van der Waals surface area contributed by atoms with Gasteiger partial charge in [0.15, 0.2) is 0 Å². The Labute approximate surface area is 122 Å². The molecule has 2 aliphatic rings. The van der Waals surface area contributed by atoms with Crippen molar-refractivity contribution in [3.8, 4) is 0 Å². The molecule has 1 aromatic heterocycles. The highest BCUT2D eigenvalue weighted by molar-refractivity contribution is 5.50. The standard InChI is InChI=1S/C17H27N3/c1-14-5-10-19-16(15(14)13-18)20-11-8-17(9-12-20)6-3-2-4-7-17/h5,10H,2-4,6-9,11-13,18H2,1H3. The summed E-state index contributed by atoms with van der Waals surface area (Å²) >= 11 is 0. The van der Waals surface area contributed by atoms with Gasteiger partial charge in [0.2, 0.25) is 0 Å². The van der Waals surface area contributed by atoms with Crippen molar-refractivity contribution in [3.05, 3.63) is 23.4 Å². The Morgan fingerprint density at radius 2 is 1.85 bits per heavy atom. The van der Waals surface area contributed by atoms with E-state index in [1.807, 2.05) is 6.20 Å². The lowest BCUT2D eigenvalue weighted by atomic mass is 9.68. The minimum Gasteiger partial charge on any atom is -0.356 e. The van der Waals surface area contributed by atoms with E-state index in [0.717, 1.165) is 18.9 Å². The third-order valence-corrected chi connectivity index (χ3v) is 5.51. The molecule has 1 aromatic rings. The van der Waals surface area contributed by atoms with Crippen molar-refractivity contribution < 1.29 is 0 Å². The molecule has 3 rings (SSSR count). The maximum Gasteiger partial charge on any atom is 0.133 e. The molecule has 2 heterocycles. The summed E-state index contributed by atoms with van der Waals surface area (Å²) in [5.74, 6) is 1.14. The topological polar surface area (TPSA) is 42.2 Å². The van der Waals surface area contributed by atoms with Crippen LogP contribution in [0.1, 0.15) is 56.1 Å². The van der Waals surface area contributed by atoms with E-state index in [0.29, 0.717) is 12.0 Å². The first kappa shape index (κ1) is 13.9. The summed E-state index contributed by atoms with van der Waals surface area (Å²) in [6.07, 6.45) is 11.8. The van der Waals surface area contributed by atoms with Gasteiger partial charge in [0.25, 0.3) is 0 Å². The van der Waals surface area contributed by atoms with E-state index in [-0.39, 0.29) is 0 Å². The van der Waals surface area contributed by atoms with Crippen molar-refractivity contribution >= 4 is 5.82 Å². The molecule has 1 spiro atoms.